The molecule has 0 bridgehead atoms. The van der Waals surface area contributed by atoms with Gasteiger partial charge in [-0.25, -0.2) is 0 Å². The van der Waals surface area contributed by atoms with Crippen LogP contribution in [0.15, 0.2) is 18.2 Å². The van der Waals surface area contributed by atoms with Gasteiger partial charge in [-0.15, -0.1) is 0 Å². The first kappa shape index (κ1) is 15.9. The zero-order chi connectivity index (χ0) is 14.6. The molecule has 19 heavy (non-hydrogen) atoms. The lowest BCUT2D eigenvalue weighted by atomic mass is 10.3. The van der Waals surface area contributed by atoms with Crippen LogP contribution in [-0.2, 0) is 4.79 Å². The van der Waals surface area contributed by atoms with Gasteiger partial charge in [0, 0.05) is 6.07 Å². The summed E-state index contributed by atoms with van der Waals surface area (Å²) in [6, 6.07) is 4.29. The van der Waals surface area contributed by atoms with Crippen LogP contribution < -0.4 is 10.1 Å². The van der Waals surface area contributed by atoms with Crippen molar-refractivity contribution in [3.63, 3.8) is 0 Å². The number of alkyl halides is 3. The first-order chi connectivity index (χ1) is 8.69. The number of amides is 1. The molecule has 0 fully saturated rings. The molecule has 0 radical (unpaired) electrons. The number of benzene rings is 1. The van der Waals surface area contributed by atoms with Gasteiger partial charge in [-0.1, -0.05) is 23.2 Å². The van der Waals surface area contributed by atoms with E-state index >= 15 is 0 Å². The number of hydrogen-bond acceptors (Lipinski definition) is 2. The predicted octanol–water partition coefficient (Wildman–Crippen LogP) is 3.44. The summed E-state index contributed by atoms with van der Waals surface area (Å²) in [5.41, 5.74) is 0. The third kappa shape index (κ3) is 5.57. The summed E-state index contributed by atoms with van der Waals surface area (Å²) in [6.45, 7) is -0.0743. The number of carbonyl (C=O) groups excluding carboxylic acids is 1. The van der Waals surface area contributed by atoms with Gasteiger partial charge in [0.25, 0.3) is 5.91 Å². The fraction of sp³-hybridized carbons (Fsp3) is 0.364. The van der Waals surface area contributed by atoms with Crippen molar-refractivity contribution in [3.05, 3.63) is 28.2 Å². The van der Waals surface area contributed by atoms with Crippen LogP contribution in [-0.4, -0.2) is 24.7 Å². The van der Waals surface area contributed by atoms with Crippen LogP contribution in [0.1, 0.15) is 6.92 Å². The lowest BCUT2D eigenvalue weighted by Gasteiger charge is -2.15. The van der Waals surface area contributed by atoms with Crippen molar-refractivity contribution >= 4 is 29.1 Å². The second-order valence-electron chi connectivity index (χ2n) is 3.67. The highest BCUT2D eigenvalue weighted by Crippen LogP contribution is 2.26. The molecule has 0 aromatic heterocycles. The van der Waals surface area contributed by atoms with Crippen LogP contribution in [0, 0.1) is 0 Å². The molecule has 1 atom stereocenters. The first-order valence-electron chi connectivity index (χ1n) is 5.15. The highest BCUT2D eigenvalue weighted by atomic mass is 35.5. The zero-order valence-corrected chi connectivity index (χ0v) is 11.2. The fourth-order valence-corrected chi connectivity index (χ4v) is 1.43. The van der Waals surface area contributed by atoms with Gasteiger partial charge in [0.1, 0.15) is 12.3 Å². The molecule has 1 aromatic carbocycles. The molecular formula is C11H10Cl2F3NO2. The van der Waals surface area contributed by atoms with Crippen molar-refractivity contribution in [1.29, 1.82) is 0 Å². The Bertz CT molecular complexity index is 466. The molecule has 1 rings (SSSR count). The molecule has 8 heteroatoms. The van der Waals surface area contributed by atoms with Crippen LogP contribution in [0.25, 0.3) is 0 Å². The molecule has 1 unspecified atom stereocenters. The molecule has 0 spiro atoms. The van der Waals surface area contributed by atoms with Crippen molar-refractivity contribution in [2.24, 2.45) is 0 Å². The van der Waals surface area contributed by atoms with E-state index in [1.165, 1.54) is 25.1 Å². The van der Waals surface area contributed by atoms with E-state index in [1.54, 1.807) is 5.32 Å². The Hall–Kier alpha value is -1.14. The predicted molar refractivity (Wildman–Crippen MR) is 65.6 cm³/mol. The second-order valence-corrected chi connectivity index (χ2v) is 4.48. The normalized spacial score (nSPS) is 12.9. The number of ether oxygens (including phenoxy) is 1. The lowest BCUT2D eigenvalue weighted by molar-refractivity contribution is -0.142. The Morgan fingerprint density at radius 1 is 1.37 bits per heavy atom. The minimum atomic E-state index is -4.46. The van der Waals surface area contributed by atoms with Gasteiger partial charge in [0.15, 0.2) is 6.10 Å². The van der Waals surface area contributed by atoms with Crippen molar-refractivity contribution < 1.29 is 22.7 Å². The van der Waals surface area contributed by atoms with Gasteiger partial charge in [-0.05, 0) is 19.1 Å². The molecule has 1 N–H and O–H groups in total. The maximum Gasteiger partial charge on any atom is 0.405 e. The van der Waals surface area contributed by atoms with E-state index in [9.17, 15) is 18.0 Å². The lowest BCUT2D eigenvalue weighted by Crippen LogP contribution is -2.41. The van der Waals surface area contributed by atoms with Gasteiger partial charge < -0.3 is 10.1 Å². The highest BCUT2D eigenvalue weighted by molar-refractivity contribution is 6.42. The summed E-state index contributed by atoms with van der Waals surface area (Å²) in [6.07, 6.45) is -5.54. The SMILES string of the molecule is CC(Oc1ccc(Cl)c(Cl)c1)C(=O)NCC(F)(F)F. The molecule has 106 valence electrons. The molecule has 0 aliphatic rings. The summed E-state index contributed by atoms with van der Waals surface area (Å²) in [7, 11) is 0. The summed E-state index contributed by atoms with van der Waals surface area (Å²) in [5.74, 6) is -0.632. The maximum absolute atomic E-state index is 11.9. The molecule has 0 aliphatic heterocycles. The largest absolute Gasteiger partial charge is 0.481 e. The Kier molecular flexibility index (Phi) is 5.31. The van der Waals surface area contributed by atoms with E-state index in [-0.39, 0.29) is 10.8 Å². The van der Waals surface area contributed by atoms with E-state index in [0.29, 0.717) is 5.02 Å². The number of halogens is 5. The van der Waals surface area contributed by atoms with Crippen LogP contribution in [0.3, 0.4) is 0 Å². The quantitative estimate of drug-likeness (QED) is 0.924. The van der Waals surface area contributed by atoms with Crippen LogP contribution in [0.2, 0.25) is 10.0 Å². The van der Waals surface area contributed by atoms with E-state index < -0.39 is 24.7 Å². The van der Waals surface area contributed by atoms with Gasteiger partial charge in [0.05, 0.1) is 10.0 Å². The molecule has 0 heterocycles. The van der Waals surface area contributed by atoms with Crippen LogP contribution in [0.4, 0.5) is 13.2 Å². The molecule has 1 aromatic rings. The van der Waals surface area contributed by atoms with Gasteiger partial charge >= 0.3 is 6.18 Å². The number of nitrogens with one attached hydrogen (secondary N) is 1. The average Bonchev–Trinajstić information content (AvgIpc) is 2.29. The van der Waals surface area contributed by atoms with Gasteiger partial charge in [-0.3, -0.25) is 4.79 Å². The van der Waals surface area contributed by atoms with E-state index in [1.807, 2.05) is 0 Å². The minimum absolute atomic E-state index is 0.224. The van der Waals surface area contributed by atoms with E-state index in [0.717, 1.165) is 0 Å². The molecule has 3 nitrogen and oxygen atoms in total. The zero-order valence-electron chi connectivity index (χ0n) is 9.72. The Morgan fingerprint density at radius 3 is 2.53 bits per heavy atom. The summed E-state index contributed by atoms with van der Waals surface area (Å²) in [5, 5.41) is 2.25. The summed E-state index contributed by atoms with van der Waals surface area (Å²) < 4.78 is 40.9. The molecule has 1 amide bonds. The average molecular weight is 316 g/mol. The third-order valence-corrected chi connectivity index (χ3v) is 2.78. The number of carbonyl (C=O) groups is 1. The highest BCUT2D eigenvalue weighted by Gasteiger charge is 2.29. The van der Waals surface area contributed by atoms with Crippen LogP contribution >= 0.6 is 23.2 Å². The van der Waals surface area contributed by atoms with Gasteiger partial charge in [0.2, 0.25) is 0 Å². The molecule has 0 saturated carbocycles. The fourth-order valence-electron chi connectivity index (χ4n) is 1.14. The summed E-state index contributed by atoms with van der Waals surface area (Å²) >= 11 is 11.4. The van der Waals surface area contributed by atoms with Crippen molar-refractivity contribution in [1.82, 2.24) is 5.32 Å². The Morgan fingerprint density at radius 2 is 2.00 bits per heavy atom. The smallest absolute Gasteiger partial charge is 0.405 e. The van der Waals surface area contributed by atoms with Crippen molar-refractivity contribution in [3.8, 4) is 5.75 Å². The van der Waals surface area contributed by atoms with Crippen molar-refractivity contribution in [2.45, 2.75) is 19.2 Å². The van der Waals surface area contributed by atoms with E-state index in [4.69, 9.17) is 27.9 Å². The maximum atomic E-state index is 11.9. The standard InChI is InChI=1S/C11H10Cl2F3NO2/c1-6(10(18)17-5-11(14,15)16)19-7-2-3-8(12)9(13)4-7/h2-4,6H,5H2,1H3,(H,17,18). The van der Waals surface area contributed by atoms with Crippen molar-refractivity contribution in [2.75, 3.05) is 6.54 Å². The first-order valence-corrected chi connectivity index (χ1v) is 5.91. The molecular weight excluding hydrogens is 306 g/mol. The monoisotopic (exact) mass is 315 g/mol. The topological polar surface area (TPSA) is 38.3 Å². The number of rotatable bonds is 4. The third-order valence-electron chi connectivity index (χ3n) is 2.04. The summed E-state index contributed by atoms with van der Waals surface area (Å²) in [4.78, 5) is 11.4. The molecule has 0 aliphatic carbocycles. The number of hydrogen-bond donors (Lipinski definition) is 1. The van der Waals surface area contributed by atoms with Gasteiger partial charge in [-0.2, -0.15) is 13.2 Å². The van der Waals surface area contributed by atoms with Crippen LogP contribution in [0.5, 0.6) is 5.75 Å². The second kappa shape index (κ2) is 6.34. The molecule has 0 saturated heterocycles. The Balaban J connectivity index is 2.56. The minimum Gasteiger partial charge on any atom is -0.481 e. The Labute approximate surface area is 117 Å². The van der Waals surface area contributed by atoms with E-state index in [2.05, 4.69) is 0 Å².